The molecule has 1 spiro atoms. The Morgan fingerprint density at radius 1 is 1.10 bits per heavy atom. The monoisotopic (exact) mass is 584 g/mol. The number of nitrogens with two attached hydrogens (primary N) is 1. The first-order valence-corrected chi connectivity index (χ1v) is 13.1. The predicted octanol–water partition coefficient (Wildman–Crippen LogP) is 4.80. The molecule has 200 valence electrons. The number of H-pyrrole nitrogens is 1. The van der Waals surface area contributed by atoms with Gasteiger partial charge in [0.15, 0.2) is 0 Å². The molecular weight excluding hydrogens is 562 g/mol. The lowest BCUT2D eigenvalue weighted by Crippen LogP contribution is -2.41. The molecule has 4 aromatic rings. The summed E-state index contributed by atoms with van der Waals surface area (Å²) in [6, 6.07) is 7.62. The normalized spacial score (nSPS) is 18.3. The predicted molar refractivity (Wildman–Crippen MR) is 152 cm³/mol. The van der Waals surface area contributed by atoms with Crippen LogP contribution in [0.3, 0.4) is 0 Å². The molecule has 2 aliphatic heterocycles. The summed E-state index contributed by atoms with van der Waals surface area (Å²) in [5, 5.41) is 3.36. The van der Waals surface area contributed by atoms with Gasteiger partial charge in [0.2, 0.25) is 0 Å². The summed E-state index contributed by atoms with van der Waals surface area (Å²) in [5.74, 6) is -0.0590. The minimum Gasteiger partial charge on any atom is -0.384 e. The molecule has 3 aromatic heterocycles. The third kappa shape index (κ3) is 4.04. The fraction of sp³-hybridized carbons (Fsp3) is 0.259. The van der Waals surface area contributed by atoms with Gasteiger partial charge in [0.05, 0.1) is 28.5 Å². The number of hydrogen-bond donors (Lipinski definition) is 3. The highest BCUT2D eigenvalue weighted by atomic mass is 35.5. The van der Waals surface area contributed by atoms with E-state index in [1.54, 1.807) is 29.0 Å². The maximum Gasteiger partial charge on any atom is 0.254 e. The van der Waals surface area contributed by atoms with Crippen LogP contribution in [-0.4, -0.2) is 31.0 Å². The minimum absolute atomic E-state index is 0. The molecular formula is C27H23Cl2FN6O2S. The Balaban J connectivity index is 0.00000277. The number of aromatic amines is 1. The van der Waals surface area contributed by atoms with Gasteiger partial charge in [-0.25, -0.2) is 14.4 Å². The van der Waals surface area contributed by atoms with Gasteiger partial charge in [-0.2, -0.15) is 13.5 Å². The SMILES string of the molecule is Nc1ccc(-c2cnc([C@@H]3CCc4c5c(cc(=O)n43)-c3c(ccc(Cl)c3F)CC3(CC3)NC5=O)[nH]2)c(Cl)n1.S. The molecule has 3 aliphatic rings. The van der Waals surface area contributed by atoms with Crippen molar-refractivity contribution in [2.45, 2.75) is 43.7 Å². The first-order chi connectivity index (χ1) is 18.2. The third-order valence-electron chi connectivity index (χ3n) is 7.83. The van der Waals surface area contributed by atoms with Crippen molar-refractivity contribution in [1.29, 1.82) is 0 Å². The number of carbonyl (C=O) groups is 1. The number of anilines is 1. The van der Waals surface area contributed by atoms with Crippen molar-refractivity contribution >= 4 is 48.4 Å². The number of benzene rings is 1. The van der Waals surface area contributed by atoms with Crippen LogP contribution in [-0.2, 0) is 12.8 Å². The summed E-state index contributed by atoms with van der Waals surface area (Å²) in [5.41, 5.74) is 8.35. The maximum atomic E-state index is 15.5. The van der Waals surface area contributed by atoms with Gasteiger partial charge in [-0.3, -0.25) is 9.59 Å². The third-order valence-corrected chi connectivity index (χ3v) is 8.41. The van der Waals surface area contributed by atoms with Crippen molar-refractivity contribution in [3.05, 3.63) is 85.5 Å². The van der Waals surface area contributed by atoms with Gasteiger partial charge in [0, 0.05) is 34.0 Å². The number of carbonyl (C=O) groups excluding carboxylic acids is 1. The zero-order chi connectivity index (χ0) is 26.3. The molecule has 0 bridgehead atoms. The summed E-state index contributed by atoms with van der Waals surface area (Å²) in [4.78, 5) is 39.1. The van der Waals surface area contributed by atoms with E-state index < -0.39 is 17.4 Å². The van der Waals surface area contributed by atoms with Gasteiger partial charge in [0.1, 0.15) is 22.6 Å². The lowest BCUT2D eigenvalue weighted by molar-refractivity contribution is 0.0929. The van der Waals surface area contributed by atoms with E-state index in [1.807, 2.05) is 0 Å². The molecule has 5 heterocycles. The van der Waals surface area contributed by atoms with E-state index >= 15 is 4.39 Å². The van der Waals surface area contributed by atoms with Crippen molar-refractivity contribution in [3.8, 4) is 22.4 Å². The molecule has 12 heteroatoms. The number of pyridine rings is 2. The molecule has 0 radical (unpaired) electrons. The summed E-state index contributed by atoms with van der Waals surface area (Å²) in [6.45, 7) is 0. The van der Waals surface area contributed by atoms with Crippen LogP contribution in [0.1, 0.15) is 52.7 Å². The summed E-state index contributed by atoms with van der Waals surface area (Å²) in [7, 11) is 0. The van der Waals surface area contributed by atoms with Crippen molar-refractivity contribution in [3.63, 3.8) is 0 Å². The van der Waals surface area contributed by atoms with Crippen molar-refractivity contribution in [2.75, 3.05) is 5.73 Å². The van der Waals surface area contributed by atoms with E-state index in [1.165, 1.54) is 12.1 Å². The molecule has 0 unspecified atom stereocenters. The number of aromatic nitrogens is 4. The average Bonchev–Trinajstić information content (AvgIpc) is 3.24. The van der Waals surface area contributed by atoms with Crippen LogP contribution in [0.5, 0.6) is 0 Å². The van der Waals surface area contributed by atoms with Crippen LogP contribution in [0.25, 0.3) is 22.4 Å². The number of nitrogens with one attached hydrogen (secondary N) is 2. The highest BCUT2D eigenvalue weighted by Crippen LogP contribution is 2.46. The van der Waals surface area contributed by atoms with Gasteiger partial charge in [-0.05, 0) is 55.9 Å². The van der Waals surface area contributed by atoms with Crippen LogP contribution in [0.15, 0.2) is 41.3 Å². The van der Waals surface area contributed by atoms with E-state index in [0.717, 1.165) is 18.4 Å². The number of halogens is 3. The number of hydrogen-bond acceptors (Lipinski definition) is 5. The number of nitrogen functional groups attached to an aromatic ring is 1. The van der Waals surface area contributed by atoms with E-state index in [2.05, 4.69) is 20.3 Å². The molecule has 1 aliphatic carbocycles. The van der Waals surface area contributed by atoms with E-state index in [0.29, 0.717) is 53.4 Å². The van der Waals surface area contributed by atoms with E-state index in [4.69, 9.17) is 28.9 Å². The molecule has 7 rings (SSSR count). The number of imidazole rings is 1. The minimum atomic E-state index is -0.612. The first kappa shape index (κ1) is 25.9. The summed E-state index contributed by atoms with van der Waals surface area (Å²) >= 11 is 12.4. The lowest BCUT2D eigenvalue weighted by Gasteiger charge is -2.27. The van der Waals surface area contributed by atoms with Crippen molar-refractivity contribution in [1.82, 2.24) is 24.8 Å². The molecule has 8 nitrogen and oxygen atoms in total. The highest BCUT2D eigenvalue weighted by Gasteiger charge is 2.47. The van der Waals surface area contributed by atoms with Crippen LogP contribution in [0, 0.1) is 5.82 Å². The molecule has 1 saturated carbocycles. The van der Waals surface area contributed by atoms with Crippen LogP contribution >= 0.6 is 36.7 Å². The number of nitrogens with zero attached hydrogens (tertiary/aromatic N) is 3. The van der Waals surface area contributed by atoms with Crippen LogP contribution in [0.4, 0.5) is 10.2 Å². The molecule has 4 N–H and O–H groups in total. The van der Waals surface area contributed by atoms with Gasteiger partial charge >= 0.3 is 0 Å². The lowest BCUT2D eigenvalue weighted by atomic mass is 9.88. The Bertz CT molecular complexity index is 1750. The average molecular weight is 585 g/mol. The van der Waals surface area contributed by atoms with Gasteiger partial charge in [0.25, 0.3) is 11.5 Å². The van der Waals surface area contributed by atoms with Gasteiger partial charge in [-0.15, -0.1) is 0 Å². The maximum absolute atomic E-state index is 15.5. The second kappa shape index (κ2) is 9.11. The zero-order valence-electron chi connectivity index (χ0n) is 20.4. The van der Waals surface area contributed by atoms with Crippen LogP contribution in [0.2, 0.25) is 10.2 Å². The molecule has 0 saturated heterocycles. The Morgan fingerprint density at radius 3 is 2.64 bits per heavy atom. The number of amides is 1. The number of rotatable bonds is 2. The fourth-order valence-corrected chi connectivity index (χ4v) is 6.28. The number of fused-ring (bicyclic) bond motifs is 5. The Hall–Kier alpha value is -3.34. The van der Waals surface area contributed by atoms with Crippen molar-refractivity contribution < 1.29 is 9.18 Å². The first-order valence-electron chi connectivity index (χ1n) is 12.3. The summed E-state index contributed by atoms with van der Waals surface area (Å²) < 4.78 is 17.1. The topological polar surface area (TPSA) is 119 Å². The Kier molecular flexibility index (Phi) is 6.05. The van der Waals surface area contributed by atoms with Crippen LogP contribution < -0.4 is 16.6 Å². The van der Waals surface area contributed by atoms with Crippen molar-refractivity contribution in [2.24, 2.45) is 0 Å². The van der Waals surface area contributed by atoms with E-state index in [-0.39, 0.29) is 46.3 Å². The van der Waals surface area contributed by atoms with Gasteiger partial charge < -0.3 is 20.6 Å². The van der Waals surface area contributed by atoms with E-state index in [9.17, 15) is 9.59 Å². The quantitative estimate of drug-likeness (QED) is 0.292. The second-order valence-corrected chi connectivity index (χ2v) is 11.0. The molecule has 1 fully saturated rings. The second-order valence-electron chi connectivity index (χ2n) is 10.2. The highest BCUT2D eigenvalue weighted by molar-refractivity contribution is 7.59. The summed E-state index contributed by atoms with van der Waals surface area (Å²) in [6.07, 6.45) is 4.72. The smallest absolute Gasteiger partial charge is 0.254 e. The Morgan fingerprint density at radius 2 is 1.90 bits per heavy atom. The van der Waals surface area contributed by atoms with Gasteiger partial charge in [-0.1, -0.05) is 29.3 Å². The molecule has 1 aromatic carbocycles. The molecule has 1 atom stereocenters. The Labute approximate surface area is 239 Å². The largest absolute Gasteiger partial charge is 0.384 e. The fourth-order valence-electron chi connectivity index (χ4n) is 5.86. The zero-order valence-corrected chi connectivity index (χ0v) is 23.0. The standard InChI is InChI=1S/C27H21Cl2FN6O2.H2S/c28-15-3-1-12-10-27(7-8-27)35-26(38)22-14(21(12)23(15)30)9-20(37)36-17(22)4-5-18(36)25-32-11-16(33-25)13-2-6-19(31)34-24(13)29;/h1-3,6,9,11,18H,4-5,7-8,10H2,(H2,31,34)(H,32,33)(H,35,38);1H2/t18-;/m0./s1. The molecule has 1 amide bonds. The molecule has 39 heavy (non-hydrogen) atoms.